The Labute approximate surface area is 124 Å². The van der Waals surface area contributed by atoms with Crippen LogP contribution < -0.4 is 16.0 Å². The number of hydrogen-bond donors (Lipinski definition) is 3. The Kier molecular flexibility index (Phi) is 5.16. The Morgan fingerprint density at radius 1 is 1.43 bits per heavy atom. The van der Waals surface area contributed by atoms with E-state index in [1.807, 2.05) is 38.1 Å². The number of rotatable bonds is 3. The molecule has 0 aliphatic carbocycles. The topological polar surface area (TPSA) is 73.5 Å². The molecule has 3 N–H and O–H groups in total. The van der Waals surface area contributed by atoms with Crippen molar-refractivity contribution < 1.29 is 9.59 Å². The van der Waals surface area contributed by atoms with Crippen LogP contribution in [0.2, 0.25) is 0 Å². The van der Waals surface area contributed by atoms with E-state index >= 15 is 0 Å². The molecule has 1 heterocycles. The van der Waals surface area contributed by atoms with Crippen molar-refractivity contribution in [3.63, 3.8) is 0 Å². The van der Waals surface area contributed by atoms with Crippen molar-refractivity contribution in [2.75, 3.05) is 31.5 Å². The first-order valence-corrected chi connectivity index (χ1v) is 7.18. The normalized spacial score (nSPS) is 18.2. The van der Waals surface area contributed by atoms with Crippen LogP contribution in [0.15, 0.2) is 24.3 Å². The van der Waals surface area contributed by atoms with Gasteiger partial charge in [-0.2, -0.15) is 0 Å². The molecule has 6 nitrogen and oxygen atoms in total. The zero-order valence-electron chi connectivity index (χ0n) is 12.5. The van der Waals surface area contributed by atoms with E-state index in [4.69, 9.17) is 0 Å². The quantitative estimate of drug-likeness (QED) is 0.775. The number of benzene rings is 1. The number of nitrogens with zero attached hydrogens (tertiary/aromatic N) is 1. The molecular formula is C15H22N4O2. The van der Waals surface area contributed by atoms with Crippen LogP contribution in [0.4, 0.5) is 10.5 Å². The van der Waals surface area contributed by atoms with E-state index in [2.05, 4.69) is 16.0 Å². The van der Waals surface area contributed by atoms with Crippen molar-refractivity contribution in [1.29, 1.82) is 0 Å². The monoisotopic (exact) mass is 290 g/mol. The molecule has 21 heavy (non-hydrogen) atoms. The lowest BCUT2D eigenvalue weighted by Crippen LogP contribution is -2.54. The SMILES string of the molecule is Cc1cccc(NC(=O)NCC(=O)N2CCNCC2C)c1. The maximum atomic E-state index is 12.1. The summed E-state index contributed by atoms with van der Waals surface area (Å²) in [5.41, 5.74) is 1.79. The van der Waals surface area contributed by atoms with Crippen molar-refractivity contribution in [1.82, 2.24) is 15.5 Å². The molecule has 1 aliphatic rings. The second-order valence-corrected chi connectivity index (χ2v) is 5.32. The lowest BCUT2D eigenvalue weighted by atomic mass is 10.2. The number of hydrogen-bond acceptors (Lipinski definition) is 3. The average Bonchev–Trinajstić information content (AvgIpc) is 2.45. The second-order valence-electron chi connectivity index (χ2n) is 5.32. The molecular weight excluding hydrogens is 268 g/mol. The number of nitrogens with one attached hydrogen (secondary N) is 3. The molecule has 0 bridgehead atoms. The van der Waals surface area contributed by atoms with Crippen LogP contribution >= 0.6 is 0 Å². The van der Waals surface area contributed by atoms with Crippen molar-refractivity contribution in [2.45, 2.75) is 19.9 Å². The standard InChI is InChI=1S/C15H22N4O2/c1-11-4-3-5-13(8-11)18-15(21)17-10-14(20)19-7-6-16-9-12(19)2/h3-5,8,12,16H,6-7,9-10H2,1-2H3,(H2,17,18,21). The van der Waals surface area contributed by atoms with E-state index < -0.39 is 0 Å². The Hall–Kier alpha value is -2.08. The van der Waals surface area contributed by atoms with Gasteiger partial charge >= 0.3 is 6.03 Å². The van der Waals surface area contributed by atoms with Crippen molar-refractivity contribution in [3.05, 3.63) is 29.8 Å². The highest BCUT2D eigenvalue weighted by Crippen LogP contribution is 2.09. The third-order valence-electron chi connectivity index (χ3n) is 3.50. The molecule has 1 atom stereocenters. The van der Waals surface area contributed by atoms with Crippen LogP contribution in [0.3, 0.4) is 0 Å². The summed E-state index contributed by atoms with van der Waals surface area (Å²) in [6.07, 6.45) is 0. The molecule has 1 aromatic carbocycles. The van der Waals surface area contributed by atoms with Gasteiger partial charge in [0.25, 0.3) is 0 Å². The molecule has 0 aromatic heterocycles. The molecule has 1 aromatic rings. The maximum Gasteiger partial charge on any atom is 0.319 e. The minimum Gasteiger partial charge on any atom is -0.336 e. The van der Waals surface area contributed by atoms with Gasteiger partial charge in [-0.3, -0.25) is 4.79 Å². The predicted molar refractivity (Wildman–Crippen MR) is 82.2 cm³/mol. The zero-order valence-corrected chi connectivity index (χ0v) is 12.5. The fourth-order valence-electron chi connectivity index (χ4n) is 2.37. The molecule has 6 heteroatoms. The Morgan fingerprint density at radius 3 is 2.95 bits per heavy atom. The Bertz CT molecular complexity index is 518. The zero-order chi connectivity index (χ0) is 15.2. The number of carbonyl (C=O) groups is 2. The van der Waals surface area contributed by atoms with Crippen molar-refractivity contribution in [3.8, 4) is 0 Å². The summed E-state index contributed by atoms with van der Waals surface area (Å²) in [6.45, 7) is 6.24. The summed E-state index contributed by atoms with van der Waals surface area (Å²) in [5.74, 6) is -0.0524. The predicted octanol–water partition coefficient (Wildman–Crippen LogP) is 0.937. The number of carbonyl (C=O) groups excluding carboxylic acids is 2. The summed E-state index contributed by atoms with van der Waals surface area (Å²) in [6, 6.07) is 7.31. The minimum absolute atomic E-state index is 0.0159. The Morgan fingerprint density at radius 2 is 2.24 bits per heavy atom. The third-order valence-corrected chi connectivity index (χ3v) is 3.50. The number of urea groups is 1. The molecule has 3 amide bonds. The first-order valence-electron chi connectivity index (χ1n) is 7.18. The lowest BCUT2D eigenvalue weighted by molar-refractivity contribution is -0.132. The molecule has 2 rings (SSSR count). The smallest absolute Gasteiger partial charge is 0.319 e. The third kappa shape index (κ3) is 4.46. The molecule has 1 saturated heterocycles. The van der Waals surface area contributed by atoms with E-state index in [0.717, 1.165) is 24.3 Å². The van der Waals surface area contributed by atoms with Crippen LogP contribution in [0.5, 0.6) is 0 Å². The van der Waals surface area contributed by atoms with Gasteiger partial charge in [0.2, 0.25) is 5.91 Å². The molecule has 0 spiro atoms. The van der Waals surface area contributed by atoms with E-state index in [1.165, 1.54) is 0 Å². The van der Waals surface area contributed by atoms with E-state index in [0.29, 0.717) is 6.54 Å². The highest BCUT2D eigenvalue weighted by Gasteiger charge is 2.22. The molecule has 1 unspecified atom stereocenters. The summed E-state index contributed by atoms with van der Waals surface area (Å²) < 4.78 is 0. The number of aryl methyl sites for hydroxylation is 1. The van der Waals surface area contributed by atoms with Gasteiger partial charge in [-0.05, 0) is 31.5 Å². The van der Waals surface area contributed by atoms with E-state index in [1.54, 1.807) is 4.90 Å². The largest absolute Gasteiger partial charge is 0.336 e. The first kappa shape index (κ1) is 15.3. The second kappa shape index (κ2) is 7.08. The van der Waals surface area contributed by atoms with Gasteiger partial charge < -0.3 is 20.9 Å². The molecule has 0 saturated carbocycles. The molecule has 114 valence electrons. The van der Waals surface area contributed by atoms with Gasteiger partial charge in [0.1, 0.15) is 0 Å². The van der Waals surface area contributed by atoms with Crippen LogP contribution in [0.25, 0.3) is 0 Å². The molecule has 1 fully saturated rings. The van der Waals surface area contributed by atoms with Gasteiger partial charge in [0.05, 0.1) is 6.54 Å². The number of anilines is 1. The lowest BCUT2D eigenvalue weighted by Gasteiger charge is -2.34. The number of piperazine rings is 1. The highest BCUT2D eigenvalue weighted by molar-refractivity contribution is 5.92. The summed E-state index contributed by atoms with van der Waals surface area (Å²) >= 11 is 0. The van der Waals surface area contributed by atoms with Gasteiger partial charge in [-0.1, -0.05) is 12.1 Å². The van der Waals surface area contributed by atoms with Crippen LogP contribution in [0, 0.1) is 6.92 Å². The highest BCUT2D eigenvalue weighted by atomic mass is 16.2. The maximum absolute atomic E-state index is 12.1. The van der Waals surface area contributed by atoms with Gasteiger partial charge in [-0.25, -0.2) is 4.79 Å². The fourth-order valence-corrected chi connectivity index (χ4v) is 2.37. The van der Waals surface area contributed by atoms with Crippen LogP contribution in [-0.4, -0.2) is 49.1 Å². The van der Waals surface area contributed by atoms with E-state index in [9.17, 15) is 9.59 Å². The van der Waals surface area contributed by atoms with Crippen LogP contribution in [0.1, 0.15) is 12.5 Å². The van der Waals surface area contributed by atoms with Gasteiger partial charge in [0.15, 0.2) is 0 Å². The average molecular weight is 290 g/mol. The molecule has 1 aliphatic heterocycles. The first-order chi connectivity index (χ1) is 10.1. The van der Waals surface area contributed by atoms with Gasteiger partial charge in [0, 0.05) is 31.4 Å². The summed E-state index contributed by atoms with van der Waals surface area (Å²) in [4.78, 5) is 25.7. The number of amides is 3. The summed E-state index contributed by atoms with van der Waals surface area (Å²) in [5, 5.41) is 8.55. The van der Waals surface area contributed by atoms with E-state index in [-0.39, 0.29) is 24.5 Å². The van der Waals surface area contributed by atoms with Crippen LogP contribution in [-0.2, 0) is 4.79 Å². The molecule has 0 radical (unpaired) electrons. The van der Waals surface area contributed by atoms with Gasteiger partial charge in [-0.15, -0.1) is 0 Å². The van der Waals surface area contributed by atoms with Crippen molar-refractivity contribution in [2.24, 2.45) is 0 Å². The van der Waals surface area contributed by atoms with Crippen molar-refractivity contribution >= 4 is 17.6 Å². The minimum atomic E-state index is -0.364. The fraction of sp³-hybridized carbons (Fsp3) is 0.467. The summed E-state index contributed by atoms with van der Waals surface area (Å²) in [7, 11) is 0. The Balaban J connectivity index is 1.79.